The molecule has 0 saturated carbocycles. The molecule has 0 amide bonds. The molecule has 1 unspecified atom stereocenters. The van der Waals surface area contributed by atoms with E-state index in [1.54, 1.807) is 7.11 Å². The molecular weight excluding hydrogens is 240 g/mol. The van der Waals surface area contributed by atoms with Gasteiger partial charge < -0.3 is 15.6 Å². The minimum Gasteiger partial charge on any atom is -0.399 e. The summed E-state index contributed by atoms with van der Waals surface area (Å²) >= 11 is 0. The summed E-state index contributed by atoms with van der Waals surface area (Å²) in [6.45, 7) is 7.44. The van der Waals surface area contributed by atoms with E-state index in [-0.39, 0.29) is 0 Å². The first-order valence-corrected chi connectivity index (χ1v) is 6.77. The van der Waals surface area contributed by atoms with Gasteiger partial charge in [-0.05, 0) is 23.6 Å². The molecule has 1 aromatic carbocycles. The van der Waals surface area contributed by atoms with Crippen LogP contribution in [0.1, 0.15) is 25.5 Å². The van der Waals surface area contributed by atoms with Crippen molar-refractivity contribution in [3.05, 3.63) is 29.8 Å². The Morgan fingerprint density at radius 3 is 2.37 bits per heavy atom. The molecule has 3 N–H and O–H groups in total. The quantitative estimate of drug-likeness (QED) is 0.706. The Balaban J connectivity index is 2.58. The number of benzene rings is 1. The van der Waals surface area contributed by atoms with E-state index in [2.05, 4.69) is 18.7 Å². The molecule has 0 aliphatic rings. The van der Waals surface area contributed by atoms with E-state index in [1.165, 1.54) is 0 Å². The highest BCUT2D eigenvalue weighted by Gasteiger charge is 2.14. The molecule has 0 fully saturated rings. The van der Waals surface area contributed by atoms with Crippen LogP contribution >= 0.6 is 0 Å². The summed E-state index contributed by atoms with van der Waals surface area (Å²) in [4.78, 5) is 2.23. The number of hydrogen-bond acceptors (Lipinski definition) is 4. The number of aliphatic hydroxyl groups excluding tert-OH is 1. The Hall–Kier alpha value is -1.10. The summed E-state index contributed by atoms with van der Waals surface area (Å²) in [5, 5.41) is 10.3. The van der Waals surface area contributed by atoms with E-state index in [1.807, 2.05) is 24.3 Å². The predicted octanol–water partition coefficient (Wildman–Crippen LogP) is 1.91. The number of aliphatic hydroxyl groups is 1. The Morgan fingerprint density at radius 2 is 1.84 bits per heavy atom. The number of nitrogens with two attached hydrogens (primary N) is 1. The smallest absolute Gasteiger partial charge is 0.0916 e. The summed E-state index contributed by atoms with van der Waals surface area (Å²) in [5.41, 5.74) is 7.27. The van der Waals surface area contributed by atoms with Gasteiger partial charge >= 0.3 is 0 Å². The second-order valence-corrected chi connectivity index (χ2v) is 5.33. The van der Waals surface area contributed by atoms with Crippen molar-refractivity contribution in [1.82, 2.24) is 4.90 Å². The number of methoxy groups -OCH3 is 1. The second-order valence-electron chi connectivity index (χ2n) is 5.33. The summed E-state index contributed by atoms with van der Waals surface area (Å²) in [6.07, 6.45) is -0.490. The van der Waals surface area contributed by atoms with Crippen molar-refractivity contribution in [2.24, 2.45) is 5.92 Å². The van der Waals surface area contributed by atoms with Crippen molar-refractivity contribution in [2.45, 2.75) is 20.0 Å². The van der Waals surface area contributed by atoms with Crippen LogP contribution in [0.5, 0.6) is 0 Å². The molecule has 1 atom stereocenters. The van der Waals surface area contributed by atoms with Gasteiger partial charge in [-0.2, -0.15) is 0 Å². The van der Waals surface area contributed by atoms with Crippen LogP contribution in [0.4, 0.5) is 5.69 Å². The van der Waals surface area contributed by atoms with Gasteiger partial charge in [0.2, 0.25) is 0 Å². The fraction of sp³-hybridized carbons (Fsp3) is 0.600. The molecule has 1 rings (SSSR count). The fourth-order valence-corrected chi connectivity index (χ4v) is 2.06. The molecule has 4 nitrogen and oxygen atoms in total. The number of anilines is 1. The topological polar surface area (TPSA) is 58.7 Å². The number of nitrogen functional groups attached to an aromatic ring is 1. The van der Waals surface area contributed by atoms with Crippen LogP contribution in [0.3, 0.4) is 0 Å². The predicted molar refractivity (Wildman–Crippen MR) is 79.0 cm³/mol. The number of hydrogen-bond donors (Lipinski definition) is 2. The highest BCUT2D eigenvalue weighted by Crippen LogP contribution is 2.16. The summed E-state index contributed by atoms with van der Waals surface area (Å²) < 4.78 is 5.12. The van der Waals surface area contributed by atoms with E-state index in [0.29, 0.717) is 19.1 Å². The third-order valence-corrected chi connectivity index (χ3v) is 2.99. The zero-order valence-corrected chi connectivity index (χ0v) is 12.2. The van der Waals surface area contributed by atoms with Crippen molar-refractivity contribution in [3.63, 3.8) is 0 Å². The number of ether oxygens (including phenoxy) is 1. The van der Waals surface area contributed by atoms with E-state index in [0.717, 1.165) is 24.3 Å². The number of rotatable bonds is 8. The third-order valence-electron chi connectivity index (χ3n) is 2.99. The molecule has 0 spiro atoms. The molecule has 4 heteroatoms. The van der Waals surface area contributed by atoms with Crippen LogP contribution in [0.2, 0.25) is 0 Å². The van der Waals surface area contributed by atoms with Gasteiger partial charge in [0.1, 0.15) is 0 Å². The monoisotopic (exact) mass is 266 g/mol. The van der Waals surface area contributed by atoms with Gasteiger partial charge in [0.15, 0.2) is 0 Å². The van der Waals surface area contributed by atoms with Gasteiger partial charge in [-0.1, -0.05) is 26.0 Å². The standard InChI is InChI=1S/C15H26N2O2/c1-12(2)10-17(8-9-19-3)11-15(18)13-4-6-14(16)7-5-13/h4-7,12,15,18H,8-11,16H2,1-3H3. The van der Waals surface area contributed by atoms with Crippen molar-refractivity contribution in [2.75, 3.05) is 39.1 Å². The van der Waals surface area contributed by atoms with Crippen LogP contribution in [0.15, 0.2) is 24.3 Å². The third kappa shape index (κ3) is 6.05. The van der Waals surface area contributed by atoms with Gasteiger partial charge in [0, 0.05) is 32.4 Å². The van der Waals surface area contributed by atoms with Crippen LogP contribution < -0.4 is 5.73 Å². The summed E-state index contributed by atoms with van der Waals surface area (Å²) in [5.74, 6) is 0.565. The summed E-state index contributed by atoms with van der Waals surface area (Å²) in [7, 11) is 1.70. The van der Waals surface area contributed by atoms with E-state index < -0.39 is 6.10 Å². The SMILES string of the molecule is COCCN(CC(C)C)CC(O)c1ccc(N)cc1. The lowest BCUT2D eigenvalue weighted by molar-refractivity contribution is 0.0825. The molecule has 0 aliphatic heterocycles. The van der Waals surface area contributed by atoms with Crippen molar-refractivity contribution < 1.29 is 9.84 Å². The highest BCUT2D eigenvalue weighted by molar-refractivity contribution is 5.39. The second kappa shape index (κ2) is 8.15. The summed E-state index contributed by atoms with van der Waals surface area (Å²) in [6, 6.07) is 7.40. The zero-order chi connectivity index (χ0) is 14.3. The van der Waals surface area contributed by atoms with Gasteiger partial charge in [0.25, 0.3) is 0 Å². The zero-order valence-electron chi connectivity index (χ0n) is 12.2. The maximum Gasteiger partial charge on any atom is 0.0916 e. The molecule has 108 valence electrons. The average Bonchev–Trinajstić information content (AvgIpc) is 2.36. The normalized spacial score (nSPS) is 13.2. The molecule has 0 aliphatic carbocycles. The van der Waals surface area contributed by atoms with Crippen LogP contribution in [0, 0.1) is 5.92 Å². The first-order chi connectivity index (χ1) is 9.02. The van der Waals surface area contributed by atoms with Gasteiger partial charge in [-0.25, -0.2) is 0 Å². The average molecular weight is 266 g/mol. The molecular formula is C15H26N2O2. The highest BCUT2D eigenvalue weighted by atomic mass is 16.5. The lowest BCUT2D eigenvalue weighted by Crippen LogP contribution is -2.34. The van der Waals surface area contributed by atoms with E-state index in [9.17, 15) is 5.11 Å². The minimum atomic E-state index is -0.490. The Kier molecular flexibility index (Phi) is 6.84. The lowest BCUT2D eigenvalue weighted by atomic mass is 10.1. The lowest BCUT2D eigenvalue weighted by Gasteiger charge is -2.26. The van der Waals surface area contributed by atoms with E-state index in [4.69, 9.17) is 10.5 Å². The maximum atomic E-state index is 10.3. The molecule has 1 aromatic rings. The molecule has 0 heterocycles. The molecule has 0 aromatic heterocycles. The molecule has 0 radical (unpaired) electrons. The molecule has 0 saturated heterocycles. The van der Waals surface area contributed by atoms with Gasteiger partial charge in [0.05, 0.1) is 12.7 Å². The Bertz CT molecular complexity index is 352. The minimum absolute atomic E-state index is 0.490. The Morgan fingerprint density at radius 1 is 1.21 bits per heavy atom. The van der Waals surface area contributed by atoms with Crippen LogP contribution in [0.25, 0.3) is 0 Å². The molecule has 0 bridgehead atoms. The Labute approximate surface area is 116 Å². The fourth-order valence-electron chi connectivity index (χ4n) is 2.06. The van der Waals surface area contributed by atoms with Crippen molar-refractivity contribution in [1.29, 1.82) is 0 Å². The number of nitrogens with zero attached hydrogens (tertiary/aromatic N) is 1. The van der Waals surface area contributed by atoms with Crippen molar-refractivity contribution >= 4 is 5.69 Å². The largest absolute Gasteiger partial charge is 0.399 e. The first kappa shape index (κ1) is 16.0. The van der Waals surface area contributed by atoms with E-state index >= 15 is 0 Å². The van der Waals surface area contributed by atoms with Gasteiger partial charge in [-0.3, -0.25) is 4.90 Å². The van der Waals surface area contributed by atoms with Crippen LogP contribution in [-0.2, 0) is 4.74 Å². The van der Waals surface area contributed by atoms with Crippen LogP contribution in [-0.4, -0.2) is 43.4 Å². The van der Waals surface area contributed by atoms with Gasteiger partial charge in [-0.15, -0.1) is 0 Å². The maximum absolute atomic E-state index is 10.3. The van der Waals surface area contributed by atoms with Crippen molar-refractivity contribution in [3.8, 4) is 0 Å². The molecule has 19 heavy (non-hydrogen) atoms. The first-order valence-electron chi connectivity index (χ1n) is 6.77.